The van der Waals surface area contributed by atoms with Crippen molar-refractivity contribution in [2.45, 2.75) is 32.0 Å². The molecular formula is C15H22N2O4S. The van der Waals surface area contributed by atoms with Gasteiger partial charge in [-0.2, -0.15) is 4.31 Å². The number of methoxy groups -OCH3 is 1. The maximum atomic E-state index is 12.2. The Kier molecular flexibility index (Phi) is 5.55. The van der Waals surface area contributed by atoms with Crippen LogP contribution in [-0.2, 0) is 32.7 Å². The molecule has 0 bridgehead atoms. The summed E-state index contributed by atoms with van der Waals surface area (Å²) >= 11 is 0. The first-order valence-electron chi connectivity index (χ1n) is 7.23. The third kappa shape index (κ3) is 4.28. The van der Waals surface area contributed by atoms with Crippen molar-refractivity contribution >= 4 is 15.9 Å². The van der Waals surface area contributed by atoms with Crippen LogP contribution in [0.25, 0.3) is 0 Å². The zero-order valence-electron chi connectivity index (χ0n) is 12.9. The minimum absolute atomic E-state index is 0.236. The Labute approximate surface area is 131 Å². The summed E-state index contributed by atoms with van der Waals surface area (Å²) < 4.78 is 29.7. The molecule has 1 heterocycles. The van der Waals surface area contributed by atoms with Gasteiger partial charge in [0.15, 0.2) is 0 Å². The Balaban J connectivity index is 1.96. The molecule has 1 aliphatic rings. The maximum absolute atomic E-state index is 12.2. The van der Waals surface area contributed by atoms with Crippen LogP contribution in [0.15, 0.2) is 24.3 Å². The van der Waals surface area contributed by atoms with Gasteiger partial charge in [-0.3, -0.25) is 4.79 Å². The van der Waals surface area contributed by atoms with Crippen molar-refractivity contribution in [3.63, 3.8) is 0 Å². The molecule has 1 N–H and O–H groups in total. The molecule has 7 heteroatoms. The number of carbonyl (C=O) groups excluding carboxylic acids is 1. The summed E-state index contributed by atoms with van der Waals surface area (Å²) in [5, 5.41) is 2.83. The van der Waals surface area contributed by atoms with Gasteiger partial charge in [0, 0.05) is 20.2 Å². The Morgan fingerprint density at radius 2 is 2.14 bits per heavy atom. The summed E-state index contributed by atoms with van der Waals surface area (Å²) in [5.74, 6) is -0.236. The number of nitrogens with zero attached hydrogens (tertiary/aromatic N) is 1. The van der Waals surface area contributed by atoms with E-state index in [0.717, 1.165) is 17.4 Å². The Morgan fingerprint density at radius 1 is 1.41 bits per heavy atom. The fraction of sp³-hybridized carbons (Fsp3) is 0.533. The van der Waals surface area contributed by atoms with E-state index in [4.69, 9.17) is 4.74 Å². The molecule has 6 nitrogen and oxygen atoms in total. The Morgan fingerprint density at radius 3 is 2.82 bits per heavy atom. The van der Waals surface area contributed by atoms with Gasteiger partial charge < -0.3 is 10.1 Å². The fourth-order valence-corrected chi connectivity index (χ4v) is 3.83. The van der Waals surface area contributed by atoms with Gasteiger partial charge in [0.05, 0.1) is 12.9 Å². The third-order valence-electron chi connectivity index (χ3n) is 3.70. The first-order valence-corrected chi connectivity index (χ1v) is 9.08. The molecule has 0 unspecified atom stereocenters. The maximum Gasteiger partial charge on any atom is 0.238 e. The zero-order valence-corrected chi connectivity index (χ0v) is 13.7. The van der Waals surface area contributed by atoms with Crippen LogP contribution >= 0.6 is 0 Å². The predicted molar refractivity (Wildman–Crippen MR) is 83.6 cm³/mol. The smallest absolute Gasteiger partial charge is 0.238 e. The summed E-state index contributed by atoms with van der Waals surface area (Å²) in [6.07, 6.45) is 2.43. The van der Waals surface area contributed by atoms with Crippen LogP contribution in [0.1, 0.15) is 24.0 Å². The Bertz CT molecular complexity index is 630. The lowest BCUT2D eigenvalue weighted by atomic mass is 10.1. The average Bonchev–Trinajstić information content (AvgIpc) is 2.95. The third-order valence-corrected chi connectivity index (χ3v) is 4.99. The highest BCUT2D eigenvalue weighted by molar-refractivity contribution is 7.88. The summed E-state index contributed by atoms with van der Waals surface area (Å²) in [6.45, 7) is 1.32. The molecule has 1 amide bonds. The molecule has 1 fully saturated rings. The number of carbonyl (C=O) groups is 1. The second-order valence-corrected chi connectivity index (χ2v) is 7.44. The van der Waals surface area contributed by atoms with Gasteiger partial charge in [0.1, 0.15) is 6.04 Å². The van der Waals surface area contributed by atoms with E-state index in [0.29, 0.717) is 32.5 Å². The van der Waals surface area contributed by atoms with E-state index in [1.807, 2.05) is 24.3 Å². The summed E-state index contributed by atoms with van der Waals surface area (Å²) in [7, 11) is -1.70. The van der Waals surface area contributed by atoms with Crippen LogP contribution in [0.5, 0.6) is 0 Å². The number of nitrogens with one attached hydrogen (secondary N) is 1. The van der Waals surface area contributed by atoms with Gasteiger partial charge in [-0.05, 0) is 24.0 Å². The van der Waals surface area contributed by atoms with Crippen molar-refractivity contribution in [1.82, 2.24) is 9.62 Å². The number of sulfonamides is 1. The number of rotatable bonds is 6. The van der Waals surface area contributed by atoms with Crippen molar-refractivity contribution in [2.75, 3.05) is 19.9 Å². The lowest BCUT2D eigenvalue weighted by Gasteiger charge is -2.21. The fourth-order valence-electron chi connectivity index (χ4n) is 2.70. The Hall–Kier alpha value is -1.44. The van der Waals surface area contributed by atoms with Crippen LogP contribution in [0.3, 0.4) is 0 Å². The summed E-state index contributed by atoms with van der Waals surface area (Å²) in [6, 6.07) is 7.16. The van der Waals surface area contributed by atoms with Crippen LogP contribution in [0.4, 0.5) is 0 Å². The molecule has 2 rings (SSSR count). The predicted octanol–water partition coefficient (Wildman–Crippen LogP) is 0.873. The summed E-state index contributed by atoms with van der Waals surface area (Å²) in [5.41, 5.74) is 2.00. The molecule has 0 radical (unpaired) electrons. The standard InChI is InChI=1S/C15H22N2O4S/c1-21-11-13-6-3-5-12(9-13)10-16-15(18)14-7-4-8-17(14)22(2,19)20/h3,5-6,9,14H,4,7-8,10-11H2,1-2H3,(H,16,18)/t14-/m1/s1. The molecule has 0 saturated carbocycles. The SMILES string of the molecule is COCc1cccc(CNC(=O)[C@H]2CCCN2S(C)(=O)=O)c1. The lowest BCUT2D eigenvalue weighted by Crippen LogP contribution is -2.45. The minimum atomic E-state index is -3.34. The molecule has 1 saturated heterocycles. The van der Waals surface area contributed by atoms with Crippen LogP contribution in [-0.4, -0.2) is 44.6 Å². The number of hydrogen-bond donors (Lipinski definition) is 1. The topological polar surface area (TPSA) is 75.7 Å². The highest BCUT2D eigenvalue weighted by atomic mass is 32.2. The quantitative estimate of drug-likeness (QED) is 0.842. The van der Waals surface area contributed by atoms with E-state index >= 15 is 0 Å². The second-order valence-electron chi connectivity index (χ2n) is 5.50. The van der Waals surface area contributed by atoms with E-state index in [1.165, 1.54) is 4.31 Å². The molecule has 1 aromatic carbocycles. The number of ether oxygens (including phenoxy) is 1. The molecule has 0 spiro atoms. The van der Waals surface area contributed by atoms with Gasteiger partial charge >= 0.3 is 0 Å². The van der Waals surface area contributed by atoms with E-state index in [-0.39, 0.29) is 5.91 Å². The highest BCUT2D eigenvalue weighted by Crippen LogP contribution is 2.20. The molecule has 0 aromatic heterocycles. The average molecular weight is 326 g/mol. The van der Waals surface area contributed by atoms with Crippen molar-refractivity contribution in [1.29, 1.82) is 0 Å². The number of amides is 1. The number of hydrogen-bond acceptors (Lipinski definition) is 4. The highest BCUT2D eigenvalue weighted by Gasteiger charge is 2.36. The molecule has 22 heavy (non-hydrogen) atoms. The largest absolute Gasteiger partial charge is 0.380 e. The molecule has 0 aliphatic carbocycles. The normalized spacial score (nSPS) is 19.3. The van der Waals surface area contributed by atoms with Gasteiger partial charge in [-0.15, -0.1) is 0 Å². The van der Waals surface area contributed by atoms with E-state index in [2.05, 4.69) is 5.32 Å². The first-order chi connectivity index (χ1) is 10.4. The number of benzene rings is 1. The van der Waals surface area contributed by atoms with Crippen molar-refractivity contribution in [3.05, 3.63) is 35.4 Å². The molecule has 1 aliphatic heterocycles. The summed E-state index contributed by atoms with van der Waals surface area (Å²) in [4.78, 5) is 12.2. The zero-order chi connectivity index (χ0) is 16.2. The molecule has 1 atom stereocenters. The molecule has 1 aromatic rings. The van der Waals surface area contributed by atoms with Crippen molar-refractivity contribution < 1.29 is 17.9 Å². The second kappa shape index (κ2) is 7.21. The van der Waals surface area contributed by atoms with E-state index in [9.17, 15) is 13.2 Å². The van der Waals surface area contributed by atoms with Gasteiger partial charge in [0.25, 0.3) is 0 Å². The van der Waals surface area contributed by atoms with E-state index in [1.54, 1.807) is 7.11 Å². The monoisotopic (exact) mass is 326 g/mol. The molecular weight excluding hydrogens is 304 g/mol. The minimum Gasteiger partial charge on any atom is -0.380 e. The van der Waals surface area contributed by atoms with Gasteiger partial charge in [0.2, 0.25) is 15.9 Å². The van der Waals surface area contributed by atoms with Crippen molar-refractivity contribution in [3.8, 4) is 0 Å². The van der Waals surface area contributed by atoms with Crippen LogP contribution in [0.2, 0.25) is 0 Å². The van der Waals surface area contributed by atoms with Gasteiger partial charge in [-0.25, -0.2) is 8.42 Å². The van der Waals surface area contributed by atoms with Gasteiger partial charge in [-0.1, -0.05) is 24.3 Å². The lowest BCUT2D eigenvalue weighted by molar-refractivity contribution is -0.124. The molecule has 122 valence electrons. The van der Waals surface area contributed by atoms with E-state index < -0.39 is 16.1 Å². The van der Waals surface area contributed by atoms with Crippen LogP contribution < -0.4 is 5.32 Å². The van der Waals surface area contributed by atoms with Crippen LogP contribution in [0, 0.1) is 0 Å². The first kappa shape index (κ1) is 16.9. The van der Waals surface area contributed by atoms with Crippen molar-refractivity contribution in [2.24, 2.45) is 0 Å².